The summed E-state index contributed by atoms with van der Waals surface area (Å²) >= 11 is 0. The number of imidazole rings is 1. The van der Waals surface area contributed by atoms with E-state index in [1.807, 2.05) is 12.4 Å². The molecule has 1 atom stereocenters. The molecule has 0 radical (unpaired) electrons. The van der Waals surface area contributed by atoms with Crippen LogP contribution in [0, 0.1) is 5.82 Å². The number of halogens is 1. The minimum Gasteiger partial charge on any atom is -0.387 e. The van der Waals surface area contributed by atoms with E-state index in [2.05, 4.69) is 26.3 Å². The standard InChI is InChI=1S/C18H25FN4O/c1-2-23-8-7-20-18(23)14-22-11-9-21(10-12-22)13-17(24)15-5-3-4-6-16(15)19/h3-8,17,24H,2,9-14H2,1H3. The number of aliphatic hydroxyl groups is 1. The number of aliphatic hydroxyl groups excluding tert-OH is 1. The molecule has 2 aromatic rings. The molecule has 5 nitrogen and oxygen atoms in total. The van der Waals surface area contributed by atoms with E-state index in [1.165, 1.54) is 6.07 Å². The van der Waals surface area contributed by atoms with Crippen LogP contribution in [0.15, 0.2) is 36.7 Å². The molecule has 0 bridgehead atoms. The van der Waals surface area contributed by atoms with E-state index in [1.54, 1.807) is 18.2 Å². The van der Waals surface area contributed by atoms with E-state index in [4.69, 9.17) is 0 Å². The van der Waals surface area contributed by atoms with Crippen molar-refractivity contribution in [2.75, 3.05) is 32.7 Å². The van der Waals surface area contributed by atoms with E-state index >= 15 is 0 Å². The Hall–Kier alpha value is -1.76. The van der Waals surface area contributed by atoms with Gasteiger partial charge in [0, 0.05) is 57.2 Å². The molecule has 0 amide bonds. The number of hydrogen-bond donors (Lipinski definition) is 1. The minimum atomic E-state index is -0.781. The highest BCUT2D eigenvalue weighted by Gasteiger charge is 2.22. The summed E-state index contributed by atoms with van der Waals surface area (Å²) in [6.45, 7) is 7.98. The number of aromatic nitrogens is 2. The fourth-order valence-corrected chi connectivity index (χ4v) is 3.20. The maximum absolute atomic E-state index is 13.7. The second kappa shape index (κ2) is 7.88. The van der Waals surface area contributed by atoms with Crippen LogP contribution in [0.4, 0.5) is 4.39 Å². The quantitative estimate of drug-likeness (QED) is 0.877. The maximum atomic E-state index is 13.7. The van der Waals surface area contributed by atoms with Gasteiger partial charge in [-0.3, -0.25) is 9.80 Å². The molecule has 1 fully saturated rings. The van der Waals surface area contributed by atoms with Gasteiger partial charge in [0.05, 0.1) is 12.6 Å². The number of β-amino-alcohol motifs (C(OH)–C–C–N with tert-alkyl or cyclic N) is 1. The number of piperazine rings is 1. The molecule has 24 heavy (non-hydrogen) atoms. The summed E-state index contributed by atoms with van der Waals surface area (Å²) in [5, 5.41) is 10.3. The Morgan fingerprint density at radius 1 is 1.17 bits per heavy atom. The van der Waals surface area contributed by atoms with Crippen molar-refractivity contribution in [3.05, 3.63) is 53.9 Å². The Bertz CT molecular complexity index is 652. The molecule has 1 N–H and O–H groups in total. The van der Waals surface area contributed by atoms with Crippen molar-refractivity contribution in [1.29, 1.82) is 0 Å². The molecule has 1 saturated heterocycles. The molecule has 3 rings (SSSR count). The average Bonchev–Trinajstić information content (AvgIpc) is 3.04. The molecule has 1 aliphatic rings. The lowest BCUT2D eigenvalue weighted by Gasteiger charge is -2.35. The molecule has 6 heteroatoms. The summed E-state index contributed by atoms with van der Waals surface area (Å²) in [5.74, 6) is 0.757. The third-order valence-electron chi connectivity index (χ3n) is 4.67. The van der Waals surface area contributed by atoms with Gasteiger partial charge in [0.1, 0.15) is 11.6 Å². The first-order chi connectivity index (χ1) is 11.7. The van der Waals surface area contributed by atoms with Crippen LogP contribution in [0.1, 0.15) is 24.4 Å². The van der Waals surface area contributed by atoms with Crippen LogP contribution < -0.4 is 0 Å². The first-order valence-electron chi connectivity index (χ1n) is 8.54. The molecular formula is C18H25FN4O. The van der Waals surface area contributed by atoms with Gasteiger partial charge < -0.3 is 9.67 Å². The smallest absolute Gasteiger partial charge is 0.129 e. The molecule has 1 unspecified atom stereocenters. The second-order valence-electron chi connectivity index (χ2n) is 6.24. The molecule has 1 aromatic heterocycles. The zero-order valence-electron chi connectivity index (χ0n) is 14.1. The van der Waals surface area contributed by atoms with Crippen molar-refractivity contribution in [2.45, 2.75) is 26.1 Å². The lowest BCUT2D eigenvalue weighted by atomic mass is 10.1. The second-order valence-corrected chi connectivity index (χ2v) is 6.24. The first kappa shape index (κ1) is 17.1. The van der Waals surface area contributed by atoms with Crippen molar-refractivity contribution >= 4 is 0 Å². The van der Waals surface area contributed by atoms with Crippen LogP contribution in [-0.2, 0) is 13.1 Å². The van der Waals surface area contributed by atoms with Gasteiger partial charge in [0.15, 0.2) is 0 Å². The lowest BCUT2D eigenvalue weighted by Crippen LogP contribution is -2.47. The Morgan fingerprint density at radius 2 is 1.88 bits per heavy atom. The SMILES string of the molecule is CCn1ccnc1CN1CCN(CC(O)c2ccccc2F)CC1. The van der Waals surface area contributed by atoms with Gasteiger partial charge in [-0.05, 0) is 13.0 Å². The van der Waals surface area contributed by atoms with Crippen LogP contribution in [0.5, 0.6) is 0 Å². The normalized spacial score (nSPS) is 18.0. The van der Waals surface area contributed by atoms with Crippen molar-refractivity contribution in [3.63, 3.8) is 0 Å². The summed E-state index contributed by atoms with van der Waals surface area (Å²) in [5.41, 5.74) is 0.380. The molecule has 2 heterocycles. The fourth-order valence-electron chi connectivity index (χ4n) is 3.20. The average molecular weight is 332 g/mol. The van der Waals surface area contributed by atoms with Gasteiger partial charge in [0.25, 0.3) is 0 Å². The summed E-state index contributed by atoms with van der Waals surface area (Å²) in [7, 11) is 0. The number of nitrogens with zero attached hydrogens (tertiary/aromatic N) is 4. The Labute approximate surface area is 142 Å². The van der Waals surface area contributed by atoms with Crippen LogP contribution in [-0.4, -0.2) is 57.2 Å². The summed E-state index contributed by atoms with van der Waals surface area (Å²) in [6.07, 6.45) is 3.08. The van der Waals surface area contributed by atoms with Crippen LogP contribution in [0.3, 0.4) is 0 Å². The van der Waals surface area contributed by atoms with Crippen LogP contribution >= 0.6 is 0 Å². The molecule has 1 aromatic carbocycles. The minimum absolute atomic E-state index is 0.338. The monoisotopic (exact) mass is 332 g/mol. The maximum Gasteiger partial charge on any atom is 0.129 e. The van der Waals surface area contributed by atoms with E-state index in [-0.39, 0.29) is 5.82 Å². The lowest BCUT2D eigenvalue weighted by molar-refractivity contribution is 0.0673. The largest absolute Gasteiger partial charge is 0.387 e. The highest BCUT2D eigenvalue weighted by Crippen LogP contribution is 2.18. The van der Waals surface area contributed by atoms with E-state index in [0.717, 1.165) is 45.1 Å². The highest BCUT2D eigenvalue weighted by molar-refractivity contribution is 5.20. The third-order valence-corrected chi connectivity index (χ3v) is 4.67. The van der Waals surface area contributed by atoms with E-state index < -0.39 is 6.10 Å². The molecule has 0 saturated carbocycles. The topological polar surface area (TPSA) is 44.5 Å². The zero-order valence-corrected chi connectivity index (χ0v) is 14.1. The van der Waals surface area contributed by atoms with Crippen LogP contribution in [0.2, 0.25) is 0 Å². The molecule has 130 valence electrons. The van der Waals surface area contributed by atoms with Gasteiger partial charge >= 0.3 is 0 Å². The van der Waals surface area contributed by atoms with Gasteiger partial charge in [-0.25, -0.2) is 9.37 Å². The molecule has 0 aliphatic carbocycles. The summed E-state index contributed by atoms with van der Waals surface area (Å²) in [6, 6.07) is 6.45. The van der Waals surface area contributed by atoms with Crippen molar-refractivity contribution in [1.82, 2.24) is 19.4 Å². The molecule has 0 spiro atoms. The Kier molecular flexibility index (Phi) is 5.60. The highest BCUT2D eigenvalue weighted by atomic mass is 19.1. The van der Waals surface area contributed by atoms with Crippen molar-refractivity contribution in [3.8, 4) is 0 Å². The third kappa shape index (κ3) is 4.01. The van der Waals surface area contributed by atoms with Crippen molar-refractivity contribution in [2.24, 2.45) is 0 Å². The number of rotatable bonds is 6. The molecule has 1 aliphatic heterocycles. The van der Waals surface area contributed by atoms with Gasteiger partial charge in [-0.2, -0.15) is 0 Å². The first-order valence-corrected chi connectivity index (χ1v) is 8.54. The summed E-state index contributed by atoms with van der Waals surface area (Å²) < 4.78 is 15.9. The van der Waals surface area contributed by atoms with Gasteiger partial charge in [0.2, 0.25) is 0 Å². The Balaban J connectivity index is 1.49. The van der Waals surface area contributed by atoms with E-state index in [9.17, 15) is 9.50 Å². The van der Waals surface area contributed by atoms with Crippen LogP contribution in [0.25, 0.3) is 0 Å². The number of hydrogen-bond acceptors (Lipinski definition) is 4. The summed E-state index contributed by atoms with van der Waals surface area (Å²) in [4.78, 5) is 8.99. The molecular weight excluding hydrogens is 307 g/mol. The van der Waals surface area contributed by atoms with Gasteiger partial charge in [-0.15, -0.1) is 0 Å². The fraction of sp³-hybridized carbons (Fsp3) is 0.500. The van der Waals surface area contributed by atoms with E-state index in [0.29, 0.717) is 12.1 Å². The van der Waals surface area contributed by atoms with Gasteiger partial charge in [-0.1, -0.05) is 18.2 Å². The predicted molar refractivity (Wildman–Crippen MR) is 91.0 cm³/mol. The number of benzene rings is 1. The van der Waals surface area contributed by atoms with Crippen molar-refractivity contribution < 1.29 is 9.50 Å². The number of aryl methyl sites for hydroxylation is 1. The zero-order chi connectivity index (χ0) is 16.9. The Morgan fingerprint density at radius 3 is 2.58 bits per heavy atom. The predicted octanol–water partition coefficient (Wildman–Crippen LogP) is 1.89.